The van der Waals surface area contributed by atoms with Crippen LogP contribution in [-0.4, -0.2) is 55.6 Å². The van der Waals surface area contributed by atoms with E-state index in [0.717, 1.165) is 50.1 Å². The molecule has 0 aliphatic carbocycles. The summed E-state index contributed by atoms with van der Waals surface area (Å²) < 4.78 is 10.2. The molecule has 0 spiro atoms. The first-order chi connectivity index (χ1) is 13.9. The van der Waals surface area contributed by atoms with Crippen LogP contribution in [0.1, 0.15) is 79.0 Å². The van der Waals surface area contributed by atoms with E-state index >= 15 is 0 Å². The summed E-state index contributed by atoms with van der Waals surface area (Å²) in [5.41, 5.74) is 0.693. The van der Waals surface area contributed by atoms with Crippen molar-refractivity contribution in [3.63, 3.8) is 0 Å². The van der Waals surface area contributed by atoms with Gasteiger partial charge in [0.15, 0.2) is 0 Å². The minimum Gasteiger partial charge on any atom is -0.462 e. The second-order valence-corrected chi connectivity index (χ2v) is 7.75. The number of unbranched alkanes of at least 4 members (excludes halogenated alkanes) is 2. The Balaban J connectivity index is 3.04. The number of ether oxygens (including phenoxy) is 2. The first-order valence-electron chi connectivity index (χ1n) is 10.4. The lowest BCUT2D eigenvalue weighted by Gasteiger charge is -2.21. The summed E-state index contributed by atoms with van der Waals surface area (Å²) in [6.45, 7) is 11.7. The van der Waals surface area contributed by atoms with Gasteiger partial charge in [-0.3, -0.25) is 9.69 Å². The van der Waals surface area contributed by atoms with Gasteiger partial charge in [-0.05, 0) is 52.3 Å². The zero-order valence-electron chi connectivity index (χ0n) is 18.3. The normalized spacial score (nSPS) is 10.8. The fourth-order valence-electron chi connectivity index (χ4n) is 2.84. The number of rotatable bonds is 13. The molecule has 0 saturated heterocycles. The molecule has 0 aromatic carbocycles. The summed E-state index contributed by atoms with van der Waals surface area (Å²) in [4.78, 5) is 39.8. The van der Waals surface area contributed by atoms with Crippen molar-refractivity contribution in [2.45, 2.75) is 60.3 Å². The van der Waals surface area contributed by atoms with Crippen LogP contribution in [0.5, 0.6) is 0 Å². The van der Waals surface area contributed by atoms with Crippen molar-refractivity contribution in [1.29, 1.82) is 0 Å². The van der Waals surface area contributed by atoms with Gasteiger partial charge in [0.2, 0.25) is 5.91 Å². The number of amides is 1. The standard InChI is InChI=1S/C21H34N2O5S/c1-6-10-12-23(13-11-7-2)14-16(24)22-19-17(20(25)27-8-3)15(5)18(29-19)21(26)28-9-4/h6-14H2,1-5H3,(H,22,24). The fraction of sp³-hybridized carbons (Fsp3) is 0.667. The first kappa shape index (κ1) is 25.1. The number of nitrogens with one attached hydrogen (secondary N) is 1. The highest BCUT2D eigenvalue weighted by Crippen LogP contribution is 2.34. The largest absolute Gasteiger partial charge is 0.462 e. The zero-order valence-corrected chi connectivity index (χ0v) is 19.1. The van der Waals surface area contributed by atoms with E-state index in [4.69, 9.17) is 9.47 Å². The maximum absolute atomic E-state index is 12.7. The van der Waals surface area contributed by atoms with Gasteiger partial charge in [0.05, 0.1) is 25.3 Å². The van der Waals surface area contributed by atoms with Crippen LogP contribution in [0.4, 0.5) is 5.00 Å². The van der Waals surface area contributed by atoms with Crippen LogP contribution in [0, 0.1) is 6.92 Å². The van der Waals surface area contributed by atoms with Crippen LogP contribution in [-0.2, 0) is 14.3 Å². The predicted octanol–water partition coefficient (Wildman–Crippen LogP) is 4.25. The number of carbonyl (C=O) groups is 3. The molecule has 1 heterocycles. The number of carbonyl (C=O) groups excluding carboxylic acids is 3. The monoisotopic (exact) mass is 426 g/mol. The molecule has 7 nitrogen and oxygen atoms in total. The van der Waals surface area contributed by atoms with Crippen molar-refractivity contribution in [3.8, 4) is 0 Å². The summed E-state index contributed by atoms with van der Waals surface area (Å²) >= 11 is 1.05. The van der Waals surface area contributed by atoms with Gasteiger partial charge in [-0.25, -0.2) is 9.59 Å². The van der Waals surface area contributed by atoms with Gasteiger partial charge in [0, 0.05) is 0 Å². The third-order valence-electron chi connectivity index (χ3n) is 4.36. The van der Waals surface area contributed by atoms with Crippen LogP contribution >= 0.6 is 11.3 Å². The minimum absolute atomic E-state index is 0.206. The lowest BCUT2D eigenvalue weighted by Crippen LogP contribution is -2.34. The number of nitrogens with zero attached hydrogens (tertiary/aromatic N) is 1. The number of hydrogen-bond donors (Lipinski definition) is 1. The molecule has 0 bridgehead atoms. The maximum atomic E-state index is 12.7. The SMILES string of the molecule is CCCCN(CCCC)CC(=O)Nc1sc(C(=O)OCC)c(C)c1C(=O)OCC. The van der Waals surface area contributed by atoms with Crippen molar-refractivity contribution in [3.05, 3.63) is 16.0 Å². The van der Waals surface area contributed by atoms with Gasteiger partial charge < -0.3 is 14.8 Å². The molecular formula is C21H34N2O5S. The third kappa shape index (κ3) is 7.78. The Labute approximate surface area is 177 Å². The van der Waals surface area contributed by atoms with E-state index in [0.29, 0.717) is 15.4 Å². The van der Waals surface area contributed by atoms with Gasteiger partial charge in [-0.15, -0.1) is 11.3 Å². The Hall–Kier alpha value is -1.93. The summed E-state index contributed by atoms with van der Waals surface area (Å²) in [6, 6.07) is 0. The molecular weight excluding hydrogens is 392 g/mol. The molecule has 0 aliphatic rings. The smallest absolute Gasteiger partial charge is 0.348 e. The molecule has 1 rings (SSSR count). The van der Waals surface area contributed by atoms with Gasteiger partial charge >= 0.3 is 11.9 Å². The molecule has 0 radical (unpaired) electrons. The highest BCUT2D eigenvalue weighted by molar-refractivity contribution is 7.18. The fourth-order valence-corrected chi connectivity index (χ4v) is 3.95. The molecule has 1 amide bonds. The molecule has 29 heavy (non-hydrogen) atoms. The molecule has 0 fully saturated rings. The van der Waals surface area contributed by atoms with Crippen molar-refractivity contribution in [2.75, 3.05) is 38.2 Å². The van der Waals surface area contributed by atoms with E-state index in [1.54, 1.807) is 20.8 Å². The predicted molar refractivity (Wildman–Crippen MR) is 116 cm³/mol. The van der Waals surface area contributed by atoms with E-state index in [2.05, 4.69) is 24.1 Å². The highest BCUT2D eigenvalue weighted by Gasteiger charge is 2.27. The lowest BCUT2D eigenvalue weighted by atomic mass is 10.1. The molecule has 1 aromatic rings. The zero-order chi connectivity index (χ0) is 21.8. The lowest BCUT2D eigenvalue weighted by molar-refractivity contribution is -0.117. The van der Waals surface area contributed by atoms with E-state index in [-0.39, 0.29) is 31.2 Å². The summed E-state index contributed by atoms with van der Waals surface area (Å²) in [7, 11) is 0. The maximum Gasteiger partial charge on any atom is 0.348 e. The van der Waals surface area contributed by atoms with Crippen molar-refractivity contribution in [2.24, 2.45) is 0 Å². The molecule has 1 aromatic heterocycles. The topological polar surface area (TPSA) is 84.9 Å². The van der Waals surface area contributed by atoms with E-state index < -0.39 is 11.9 Å². The summed E-state index contributed by atoms with van der Waals surface area (Å²) in [6.07, 6.45) is 4.17. The highest BCUT2D eigenvalue weighted by atomic mass is 32.1. The van der Waals surface area contributed by atoms with Gasteiger partial charge in [0.1, 0.15) is 9.88 Å². The number of anilines is 1. The van der Waals surface area contributed by atoms with Crippen molar-refractivity contribution >= 4 is 34.2 Å². The number of hydrogen-bond acceptors (Lipinski definition) is 7. The van der Waals surface area contributed by atoms with E-state index in [1.807, 2.05) is 0 Å². The van der Waals surface area contributed by atoms with Gasteiger partial charge in [-0.2, -0.15) is 0 Å². The van der Waals surface area contributed by atoms with Crippen molar-refractivity contribution in [1.82, 2.24) is 4.90 Å². The van der Waals surface area contributed by atoms with Crippen molar-refractivity contribution < 1.29 is 23.9 Å². The Bertz CT molecular complexity index is 679. The Morgan fingerprint density at radius 2 is 1.48 bits per heavy atom. The van der Waals surface area contributed by atoms with Crippen LogP contribution in [0.25, 0.3) is 0 Å². The summed E-state index contributed by atoms with van der Waals surface area (Å²) in [5, 5.41) is 3.15. The second-order valence-electron chi connectivity index (χ2n) is 6.73. The summed E-state index contributed by atoms with van der Waals surface area (Å²) in [5.74, 6) is -1.27. The van der Waals surface area contributed by atoms with Gasteiger partial charge in [-0.1, -0.05) is 26.7 Å². The van der Waals surface area contributed by atoms with E-state index in [1.165, 1.54) is 0 Å². The van der Waals surface area contributed by atoms with Gasteiger partial charge in [0.25, 0.3) is 0 Å². The minimum atomic E-state index is -0.555. The molecule has 0 atom stereocenters. The Kier molecular flexibility index (Phi) is 11.5. The average Bonchev–Trinajstić information content (AvgIpc) is 3.00. The van der Waals surface area contributed by atoms with E-state index in [9.17, 15) is 14.4 Å². The van der Waals surface area contributed by atoms with Crippen LogP contribution in [0.3, 0.4) is 0 Å². The first-order valence-corrected chi connectivity index (χ1v) is 11.2. The quantitative estimate of drug-likeness (QED) is 0.475. The van der Waals surface area contributed by atoms with Crippen LogP contribution in [0.2, 0.25) is 0 Å². The second kappa shape index (κ2) is 13.3. The molecule has 0 aliphatic heterocycles. The molecule has 8 heteroatoms. The average molecular weight is 427 g/mol. The molecule has 164 valence electrons. The third-order valence-corrected chi connectivity index (χ3v) is 5.55. The molecule has 0 saturated carbocycles. The number of esters is 2. The Morgan fingerprint density at radius 3 is 2.00 bits per heavy atom. The number of thiophene rings is 1. The molecule has 1 N–H and O–H groups in total. The molecule has 0 unspecified atom stereocenters. The van der Waals surface area contributed by atoms with Crippen LogP contribution in [0.15, 0.2) is 0 Å². The van der Waals surface area contributed by atoms with Crippen LogP contribution < -0.4 is 5.32 Å². The Morgan fingerprint density at radius 1 is 0.931 bits per heavy atom.